The average Bonchev–Trinajstić information content (AvgIpc) is 2.86. The third kappa shape index (κ3) is 3.11. The maximum Gasteiger partial charge on any atom is 0.244 e. The normalized spacial score (nSPS) is 11.9. The Hall–Kier alpha value is -1.45. The van der Waals surface area contributed by atoms with E-state index in [2.05, 4.69) is 19.9 Å². The number of thiazole rings is 1. The molecule has 0 bridgehead atoms. The van der Waals surface area contributed by atoms with Crippen molar-refractivity contribution in [1.29, 1.82) is 0 Å². The highest BCUT2D eigenvalue weighted by Gasteiger charge is 2.21. The first kappa shape index (κ1) is 14.0. The van der Waals surface area contributed by atoms with E-state index >= 15 is 0 Å². The fraction of sp³-hybridized carbons (Fsp3) is 0.400. The topological polar surface area (TPSA) is 114 Å². The molecule has 0 aromatic carbocycles. The fourth-order valence-electron chi connectivity index (χ4n) is 1.76. The van der Waals surface area contributed by atoms with Crippen LogP contribution in [0.1, 0.15) is 17.1 Å². The first-order valence-corrected chi connectivity index (χ1v) is 7.97. The molecule has 19 heavy (non-hydrogen) atoms. The summed E-state index contributed by atoms with van der Waals surface area (Å²) in [7, 11) is -3.54. The van der Waals surface area contributed by atoms with Gasteiger partial charge in [0.25, 0.3) is 0 Å². The van der Waals surface area contributed by atoms with Crippen LogP contribution in [0.2, 0.25) is 0 Å². The van der Waals surface area contributed by atoms with Crippen LogP contribution in [0.25, 0.3) is 0 Å². The molecule has 0 saturated carbocycles. The summed E-state index contributed by atoms with van der Waals surface area (Å²) in [6.45, 7) is 3.60. The minimum absolute atomic E-state index is 0.213. The summed E-state index contributed by atoms with van der Waals surface area (Å²) in [5.41, 5.74) is 7.28. The minimum Gasteiger partial charge on any atom is -0.375 e. The van der Waals surface area contributed by atoms with Gasteiger partial charge in [-0.05, 0) is 13.8 Å². The van der Waals surface area contributed by atoms with Crippen molar-refractivity contribution in [2.24, 2.45) is 0 Å². The van der Waals surface area contributed by atoms with Gasteiger partial charge in [-0.3, -0.25) is 5.10 Å². The van der Waals surface area contributed by atoms with Crippen molar-refractivity contribution in [3.63, 3.8) is 0 Å². The van der Waals surface area contributed by atoms with Crippen LogP contribution in [-0.2, 0) is 16.4 Å². The quantitative estimate of drug-likeness (QED) is 0.747. The molecule has 0 fully saturated rings. The largest absolute Gasteiger partial charge is 0.375 e. The number of nitrogens with zero attached hydrogens (tertiary/aromatic N) is 2. The van der Waals surface area contributed by atoms with Crippen molar-refractivity contribution in [2.75, 3.05) is 12.3 Å². The van der Waals surface area contributed by atoms with Gasteiger partial charge >= 0.3 is 0 Å². The lowest BCUT2D eigenvalue weighted by molar-refractivity contribution is 0.580. The Morgan fingerprint density at radius 3 is 2.74 bits per heavy atom. The lowest BCUT2D eigenvalue weighted by Gasteiger charge is -2.05. The molecule has 0 amide bonds. The van der Waals surface area contributed by atoms with E-state index in [1.165, 1.54) is 11.3 Å². The number of hydrogen-bond acceptors (Lipinski definition) is 6. The Morgan fingerprint density at radius 1 is 1.47 bits per heavy atom. The summed E-state index contributed by atoms with van der Waals surface area (Å²) in [6, 6.07) is 0. The molecule has 2 aromatic heterocycles. The van der Waals surface area contributed by atoms with Crippen LogP contribution < -0.4 is 10.5 Å². The lowest BCUT2D eigenvalue weighted by atomic mass is 10.3. The van der Waals surface area contributed by atoms with Gasteiger partial charge in [0.1, 0.15) is 4.90 Å². The van der Waals surface area contributed by atoms with Crippen molar-refractivity contribution in [3.8, 4) is 0 Å². The number of anilines is 1. The summed E-state index contributed by atoms with van der Waals surface area (Å²) in [5.74, 6) is 0. The van der Waals surface area contributed by atoms with Crippen molar-refractivity contribution in [3.05, 3.63) is 22.5 Å². The zero-order valence-corrected chi connectivity index (χ0v) is 12.2. The maximum absolute atomic E-state index is 12.1. The van der Waals surface area contributed by atoms with Crippen LogP contribution in [0.15, 0.2) is 10.3 Å². The van der Waals surface area contributed by atoms with Gasteiger partial charge in [0.15, 0.2) is 5.13 Å². The predicted molar refractivity (Wildman–Crippen MR) is 73.5 cm³/mol. The molecule has 2 aromatic rings. The first-order valence-electron chi connectivity index (χ1n) is 5.61. The number of nitrogens with two attached hydrogens (primary N) is 1. The molecular formula is C10H15N5O2S2. The number of sulfonamides is 1. The zero-order valence-electron chi connectivity index (χ0n) is 10.6. The maximum atomic E-state index is 12.1. The predicted octanol–water partition coefficient (Wildman–Crippen LogP) is 0.586. The second-order valence-corrected chi connectivity index (χ2v) is 6.68. The van der Waals surface area contributed by atoms with E-state index in [0.717, 1.165) is 5.69 Å². The molecular weight excluding hydrogens is 286 g/mol. The zero-order chi connectivity index (χ0) is 14.0. The number of aryl methyl sites for hydroxylation is 2. The van der Waals surface area contributed by atoms with Gasteiger partial charge < -0.3 is 5.73 Å². The van der Waals surface area contributed by atoms with Crippen molar-refractivity contribution >= 4 is 26.5 Å². The second kappa shape index (κ2) is 5.27. The Labute approximate surface area is 115 Å². The van der Waals surface area contributed by atoms with Crippen LogP contribution in [-0.4, -0.2) is 30.1 Å². The lowest BCUT2D eigenvalue weighted by Crippen LogP contribution is -2.27. The Balaban J connectivity index is 2.03. The fourth-order valence-corrected chi connectivity index (χ4v) is 3.76. The summed E-state index contributed by atoms with van der Waals surface area (Å²) >= 11 is 1.34. The summed E-state index contributed by atoms with van der Waals surface area (Å²) in [5, 5.41) is 8.84. The van der Waals surface area contributed by atoms with Crippen LogP contribution in [0.5, 0.6) is 0 Å². The molecule has 0 radical (unpaired) electrons. The van der Waals surface area contributed by atoms with Crippen molar-refractivity contribution < 1.29 is 8.42 Å². The Morgan fingerprint density at radius 2 is 2.21 bits per heavy atom. The van der Waals surface area contributed by atoms with E-state index in [1.807, 2.05) is 5.38 Å². The number of hydrogen-bond donors (Lipinski definition) is 3. The molecule has 4 N–H and O–H groups in total. The molecule has 0 aliphatic rings. The number of H-pyrrole nitrogens is 1. The van der Waals surface area contributed by atoms with Gasteiger partial charge in [0, 0.05) is 18.3 Å². The van der Waals surface area contributed by atoms with Crippen molar-refractivity contribution in [1.82, 2.24) is 19.9 Å². The Bertz CT molecular complexity index is 654. The number of nitrogens with one attached hydrogen (secondary N) is 2. The van der Waals surface area contributed by atoms with Gasteiger partial charge in [0.2, 0.25) is 10.0 Å². The van der Waals surface area contributed by atoms with Gasteiger partial charge in [-0.1, -0.05) is 0 Å². The van der Waals surface area contributed by atoms with Gasteiger partial charge in [-0.2, -0.15) is 5.10 Å². The van der Waals surface area contributed by atoms with Crippen LogP contribution >= 0.6 is 11.3 Å². The number of aromatic amines is 1. The first-order chi connectivity index (χ1) is 8.90. The molecule has 2 heterocycles. The summed E-state index contributed by atoms with van der Waals surface area (Å²) in [6.07, 6.45) is 0.503. The minimum atomic E-state index is -3.54. The van der Waals surface area contributed by atoms with E-state index in [-0.39, 0.29) is 11.4 Å². The highest BCUT2D eigenvalue weighted by atomic mass is 32.2. The summed E-state index contributed by atoms with van der Waals surface area (Å²) < 4.78 is 26.8. The molecule has 0 aliphatic carbocycles. The second-order valence-electron chi connectivity index (χ2n) is 4.09. The smallest absolute Gasteiger partial charge is 0.244 e. The van der Waals surface area contributed by atoms with E-state index in [0.29, 0.717) is 22.9 Å². The van der Waals surface area contributed by atoms with E-state index < -0.39 is 10.0 Å². The Kier molecular flexibility index (Phi) is 3.88. The summed E-state index contributed by atoms with van der Waals surface area (Å²) in [4.78, 5) is 4.28. The molecule has 0 atom stereocenters. The number of nitrogen functional groups attached to an aromatic ring is 1. The molecule has 0 unspecified atom stereocenters. The van der Waals surface area contributed by atoms with Gasteiger partial charge in [-0.15, -0.1) is 11.3 Å². The standard InChI is InChI=1S/C10H15N5O2S2/c1-6-9(7(2)15-14-6)19(16,17)12-4-3-8-5-18-10(11)13-8/h5,12H,3-4H2,1-2H3,(H2,11,13)(H,14,15). The third-order valence-corrected chi connectivity index (χ3v) is 5.02. The molecule has 104 valence electrons. The average molecular weight is 301 g/mol. The highest BCUT2D eigenvalue weighted by Crippen LogP contribution is 2.16. The molecule has 9 heteroatoms. The van der Waals surface area contributed by atoms with Gasteiger partial charge in [-0.25, -0.2) is 18.1 Å². The molecule has 7 nitrogen and oxygen atoms in total. The third-order valence-electron chi connectivity index (χ3n) is 2.57. The molecule has 0 spiro atoms. The van der Waals surface area contributed by atoms with Gasteiger partial charge in [0.05, 0.1) is 17.1 Å². The van der Waals surface area contributed by atoms with E-state index in [1.54, 1.807) is 13.8 Å². The molecule has 0 saturated heterocycles. The highest BCUT2D eigenvalue weighted by molar-refractivity contribution is 7.89. The van der Waals surface area contributed by atoms with E-state index in [4.69, 9.17) is 5.73 Å². The van der Waals surface area contributed by atoms with Crippen LogP contribution in [0.3, 0.4) is 0 Å². The van der Waals surface area contributed by atoms with Crippen LogP contribution in [0.4, 0.5) is 5.13 Å². The van der Waals surface area contributed by atoms with Crippen molar-refractivity contribution in [2.45, 2.75) is 25.2 Å². The molecule has 0 aliphatic heterocycles. The SMILES string of the molecule is Cc1n[nH]c(C)c1S(=O)(=O)NCCc1csc(N)n1. The van der Waals surface area contributed by atoms with Crippen LogP contribution in [0, 0.1) is 13.8 Å². The molecule has 2 rings (SSSR count). The van der Waals surface area contributed by atoms with E-state index in [9.17, 15) is 8.42 Å². The monoisotopic (exact) mass is 301 g/mol. The number of rotatable bonds is 5. The number of aromatic nitrogens is 3.